The van der Waals surface area contributed by atoms with Crippen LogP contribution >= 0.6 is 0 Å². The van der Waals surface area contributed by atoms with Crippen molar-refractivity contribution in [3.05, 3.63) is 53.0 Å². The lowest BCUT2D eigenvalue weighted by Crippen LogP contribution is -2.50. The van der Waals surface area contributed by atoms with Crippen molar-refractivity contribution in [2.45, 2.75) is 39.0 Å². The van der Waals surface area contributed by atoms with Crippen LogP contribution in [0.1, 0.15) is 33.9 Å². The molecule has 1 amide bonds. The molecule has 0 spiro atoms. The normalized spacial score (nSPS) is 20.1. The van der Waals surface area contributed by atoms with Gasteiger partial charge in [-0.15, -0.1) is 0 Å². The third kappa shape index (κ3) is 3.74. The van der Waals surface area contributed by atoms with Crippen LogP contribution in [0.2, 0.25) is 0 Å². The number of aryl methyl sites for hydroxylation is 2. The Morgan fingerprint density at radius 1 is 1.37 bits per heavy atom. The maximum atomic E-state index is 12.7. The molecular formula is C20H23N3O4. The van der Waals surface area contributed by atoms with E-state index in [1.807, 2.05) is 44.2 Å². The van der Waals surface area contributed by atoms with Crippen molar-refractivity contribution in [3.63, 3.8) is 0 Å². The number of carbonyl (C=O) groups excluding carboxylic acids is 1. The molecule has 3 aromatic rings. The highest BCUT2D eigenvalue weighted by Gasteiger charge is 2.29. The SMILES string of the molecule is Cc1noc(C)c1CO[C@@H]1CCOC[C@H]1NC(=O)c1cc2ccccc2[nH]1. The number of aromatic nitrogens is 2. The minimum absolute atomic E-state index is 0.124. The Balaban J connectivity index is 1.43. The molecule has 7 nitrogen and oxygen atoms in total. The minimum Gasteiger partial charge on any atom is -0.379 e. The maximum Gasteiger partial charge on any atom is 0.268 e. The first-order chi connectivity index (χ1) is 13.1. The van der Waals surface area contributed by atoms with Crippen LogP contribution in [-0.2, 0) is 16.1 Å². The lowest BCUT2D eigenvalue weighted by atomic mass is 10.1. The van der Waals surface area contributed by atoms with Gasteiger partial charge in [-0.2, -0.15) is 0 Å². The Bertz CT molecular complexity index is 893. The zero-order valence-electron chi connectivity index (χ0n) is 15.5. The van der Waals surface area contributed by atoms with Gasteiger partial charge in [0.1, 0.15) is 11.5 Å². The van der Waals surface area contributed by atoms with E-state index < -0.39 is 0 Å². The van der Waals surface area contributed by atoms with Gasteiger partial charge in [0, 0.05) is 23.1 Å². The van der Waals surface area contributed by atoms with Gasteiger partial charge in [0.05, 0.1) is 31.1 Å². The molecule has 0 unspecified atom stereocenters. The Labute approximate surface area is 157 Å². The molecule has 1 fully saturated rings. The molecule has 0 bridgehead atoms. The molecule has 1 saturated heterocycles. The van der Waals surface area contributed by atoms with Gasteiger partial charge in [0.15, 0.2) is 0 Å². The van der Waals surface area contributed by atoms with Gasteiger partial charge in [-0.25, -0.2) is 0 Å². The molecule has 0 aliphatic carbocycles. The molecule has 0 saturated carbocycles. The molecule has 2 atom stereocenters. The van der Waals surface area contributed by atoms with Crippen LogP contribution in [-0.4, -0.2) is 41.4 Å². The summed E-state index contributed by atoms with van der Waals surface area (Å²) < 4.78 is 16.8. The summed E-state index contributed by atoms with van der Waals surface area (Å²) >= 11 is 0. The summed E-state index contributed by atoms with van der Waals surface area (Å²) in [6.07, 6.45) is 0.599. The van der Waals surface area contributed by atoms with E-state index in [0.717, 1.165) is 34.3 Å². The first-order valence-corrected chi connectivity index (χ1v) is 9.11. The summed E-state index contributed by atoms with van der Waals surface area (Å²) in [6, 6.07) is 9.46. The van der Waals surface area contributed by atoms with Crippen LogP contribution < -0.4 is 5.32 Å². The van der Waals surface area contributed by atoms with Crippen LogP contribution in [0.5, 0.6) is 0 Å². The molecule has 7 heteroatoms. The standard InChI is InChI=1S/C20H23N3O4/c1-12-15(13(2)27-23-12)10-26-19-7-8-25-11-18(19)22-20(24)17-9-14-5-3-4-6-16(14)21-17/h3-6,9,18-19,21H,7-8,10-11H2,1-2H3,(H,22,24)/t18-,19-/m1/s1. The van der Waals surface area contributed by atoms with Gasteiger partial charge in [-0.05, 0) is 32.4 Å². The van der Waals surface area contributed by atoms with E-state index in [2.05, 4.69) is 15.5 Å². The third-order valence-corrected chi connectivity index (χ3v) is 5.01. The smallest absolute Gasteiger partial charge is 0.268 e. The molecule has 2 aromatic heterocycles. The molecule has 142 valence electrons. The van der Waals surface area contributed by atoms with Gasteiger partial charge in [-0.1, -0.05) is 23.4 Å². The molecule has 1 aromatic carbocycles. The quantitative estimate of drug-likeness (QED) is 0.722. The number of hydrogen-bond donors (Lipinski definition) is 2. The van der Waals surface area contributed by atoms with Crippen LogP contribution in [0.25, 0.3) is 10.9 Å². The largest absolute Gasteiger partial charge is 0.379 e. The van der Waals surface area contributed by atoms with Crippen LogP contribution in [0.3, 0.4) is 0 Å². The summed E-state index contributed by atoms with van der Waals surface area (Å²) in [6.45, 7) is 5.22. The molecule has 27 heavy (non-hydrogen) atoms. The van der Waals surface area contributed by atoms with Gasteiger partial charge in [0.2, 0.25) is 0 Å². The number of H-pyrrole nitrogens is 1. The van der Waals surface area contributed by atoms with E-state index in [4.69, 9.17) is 14.0 Å². The van der Waals surface area contributed by atoms with E-state index in [9.17, 15) is 4.79 Å². The number of hydrogen-bond acceptors (Lipinski definition) is 5. The average molecular weight is 369 g/mol. The van der Waals surface area contributed by atoms with Gasteiger partial charge in [0.25, 0.3) is 5.91 Å². The first-order valence-electron chi connectivity index (χ1n) is 9.11. The van der Waals surface area contributed by atoms with E-state index in [1.165, 1.54) is 0 Å². The Morgan fingerprint density at radius 2 is 2.22 bits per heavy atom. The van der Waals surface area contributed by atoms with E-state index in [-0.39, 0.29) is 18.1 Å². The Hall–Kier alpha value is -2.64. The fourth-order valence-electron chi connectivity index (χ4n) is 3.39. The topological polar surface area (TPSA) is 89.4 Å². The fraction of sp³-hybridized carbons (Fsp3) is 0.400. The maximum absolute atomic E-state index is 12.7. The summed E-state index contributed by atoms with van der Waals surface area (Å²) in [4.78, 5) is 15.8. The zero-order valence-corrected chi connectivity index (χ0v) is 15.5. The lowest BCUT2D eigenvalue weighted by molar-refractivity contribution is -0.0608. The van der Waals surface area contributed by atoms with E-state index in [1.54, 1.807) is 0 Å². The number of para-hydroxylation sites is 1. The van der Waals surface area contributed by atoms with Crippen molar-refractivity contribution in [1.29, 1.82) is 0 Å². The van der Waals surface area contributed by atoms with Crippen molar-refractivity contribution in [1.82, 2.24) is 15.5 Å². The molecule has 4 rings (SSSR count). The van der Waals surface area contributed by atoms with Crippen LogP contribution in [0.4, 0.5) is 0 Å². The summed E-state index contributed by atoms with van der Waals surface area (Å²) in [5.74, 6) is 0.603. The van der Waals surface area contributed by atoms with Crippen molar-refractivity contribution in [3.8, 4) is 0 Å². The predicted octanol–water partition coefficient (Wildman–Crippen LogP) is 2.88. The number of amides is 1. The molecule has 1 aliphatic rings. The first kappa shape index (κ1) is 17.8. The van der Waals surface area contributed by atoms with Gasteiger partial charge < -0.3 is 24.3 Å². The van der Waals surface area contributed by atoms with Crippen molar-refractivity contribution < 1.29 is 18.8 Å². The summed E-state index contributed by atoms with van der Waals surface area (Å²) in [5, 5.41) is 8.01. The zero-order chi connectivity index (χ0) is 18.8. The molecule has 1 aliphatic heterocycles. The number of rotatable bonds is 5. The van der Waals surface area contributed by atoms with Crippen molar-refractivity contribution >= 4 is 16.8 Å². The number of aromatic amines is 1. The lowest BCUT2D eigenvalue weighted by Gasteiger charge is -2.32. The monoisotopic (exact) mass is 369 g/mol. The number of carbonyl (C=O) groups is 1. The number of nitrogens with one attached hydrogen (secondary N) is 2. The van der Waals surface area contributed by atoms with E-state index >= 15 is 0 Å². The number of ether oxygens (including phenoxy) is 2. The van der Waals surface area contributed by atoms with Crippen LogP contribution in [0, 0.1) is 13.8 Å². The van der Waals surface area contributed by atoms with Crippen LogP contribution in [0.15, 0.2) is 34.9 Å². The second-order valence-electron chi connectivity index (χ2n) is 6.87. The molecule has 3 heterocycles. The Morgan fingerprint density at radius 3 is 3.00 bits per heavy atom. The number of nitrogens with zero attached hydrogens (tertiary/aromatic N) is 1. The number of benzene rings is 1. The molecule has 0 radical (unpaired) electrons. The third-order valence-electron chi connectivity index (χ3n) is 5.01. The Kier molecular flexibility index (Phi) is 4.96. The minimum atomic E-state index is -0.210. The van der Waals surface area contributed by atoms with Crippen molar-refractivity contribution in [2.24, 2.45) is 0 Å². The fourth-order valence-corrected chi connectivity index (χ4v) is 3.39. The predicted molar refractivity (Wildman–Crippen MR) is 99.5 cm³/mol. The highest BCUT2D eigenvalue weighted by molar-refractivity contribution is 5.98. The summed E-state index contributed by atoms with van der Waals surface area (Å²) in [7, 11) is 0. The number of fused-ring (bicyclic) bond motifs is 1. The second-order valence-corrected chi connectivity index (χ2v) is 6.87. The second kappa shape index (κ2) is 7.54. The average Bonchev–Trinajstić information content (AvgIpc) is 3.25. The highest BCUT2D eigenvalue weighted by atomic mass is 16.5. The highest BCUT2D eigenvalue weighted by Crippen LogP contribution is 2.19. The summed E-state index contributed by atoms with van der Waals surface area (Å²) in [5.41, 5.74) is 3.26. The van der Waals surface area contributed by atoms with Gasteiger partial charge in [-0.3, -0.25) is 4.79 Å². The van der Waals surface area contributed by atoms with E-state index in [0.29, 0.717) is 25.5 Å². The molecular weight excluding hydrogens is 346 g/mol. The molecule has 2 N–H and O–H groups in total. The van der Waals surface area contributed by atoms with Crippen molar-refractivity contribution in [2.75, 3.05) is 13.2 Å². The van der Waals surface area contributed by atoms with Gasteiger partial charge >= 0.3 is 0 Å².